The van der Waals surface area contributed by atoms with Crippen LogP contribution in [0, 0.1) is 22.0 Å². The number of phenols is 1. The van der Waals surface area contributed by atoms with Gasteiger partial charge < -0.3 is 31.5 Å². The summed E-state index contributed by atoms with van der Waals surface area (Å²) in [5, 5.41) is 36.7. The Bertz CT molecular complexity index is 1250. The van der Waals surface area contributed by atoms with Gasteiger partial charge in [-0.3, -0.25) is 24.5 Å². The molecule has 0 radical (unpaired) electrons. The van der Waals surface area contributed by atoms with Crippen LogP contribution in [0.5, 0.6) is 5.75 Å². The van der Waals surface area contributed by atoms with E-state index in [1.165, 1.54) is 17.4 Å². The van der Waals surface area contributed by atoms with E-state index in [9.17, 15) is 39.5 Å². The fourth-order valence-corrected chi connectivity index (χ4v) is 7.35. The number of aromatic hydroxyl groups is 1. The topological polar surface area (TPSA) is 205 Å². The van der Waals surface area contributed by atoms with Gasteiger partial charge in [-0.15, -0.1) is 0 Å². The molecule has 4 rings (SSSR count). The molecule has 46 heavy (non-hydrogen) atoms. The molecule has 254 valence electrons. The fraction of sp³-hybridized carbons (Fsp3) is 0.697. The number of aliphatic carboxylic acids is 1. The third kappa shape index (κ3) is 9.63. The SMILES string of the molecule is N[C@@H](CC1CCCCC1)C(=O)N[C@@H](Cc1ccc(O)c([N+](=O)[O-])c1)C(=O)N[C@@H](CCC1CCCCC1)C(=O)N1CCC[C@H]1C(=O)O. The monoisotopic (exact) mass is 643 g/mol. The van der Waals surface area contributed by atoms with Crippen LogP contribution in [0.25, 0.3) is 0 Å². The molecule has 1 aliphatic heterocycles. The van der Waals surface area contributed by atoms with Crippen LogP contribution in [0.1, 0.15) is 102 Å². The van der Waals surface area contributed by atoms with Crippen molar-refractivity contribution in [2.24, 2.45) is 17.6 Å². The van der Waals surface area contributed by atoms with Gasteiger partial charge in [-0.1, -0.05) is 70.3 Å². The first-order valence-corrected chi connectivity index (χ1v) is 16.9. The smallest absolute Gasteiger partial charge is 0.326 e. The highest BCUT2D eigenvalue weighted by Crippen LogP contribution is 2.30. The summed E-state index contributed by atoms with van der Waals surface area (Å²) in [5.74, 6) is -2.56. The minimum absolute atomic E-state index is 0.153. The number of nitro groups is 1. The number of nitrogens with two attached hydrogens (primary N) is 1. The average Bonchev–Trinajstić information content (AvgIpc) is 3.54. The summed E-state index contributed by atoms with van der Waals surface area (Å²) >= 11 is 0. The Kier molecular flexibility index (Phi) is 12.8. The summed E-state index contributed by atoms with van der Waals surface area (Å²) in [6.07, 6.45) is 13.0. The number of hydrogen-bond acceptors (Lipinski definition) is 8. The molecule has 6 N–H and O–H groups in total. The third-order valence-electron chi connectivity index (χ3n) is 9.98. The maximum Gasteiger partial charge on any atom is 0.326 e. The van der Waals surface area contributed by atoms with Crippen LogP contribution in [-0.2, 0) is 25.6 Å². The largest absolute Gasteiger partial charge is 0.502 e. The molecular weight excluding hydrogens is 594 g/mol. The van der Waals surface area contributed by atoms with Gasteiger partial charge in [-0.05, 0) is 55.6 Å². The van der Waals surface area contributed by atoms with Gasteiger partial charge in [0.25, 0.3) is 0 Å². The average molecular weight is 644 g/mol. The lowest BCUT2D eigenvalue weighted by Crippen LogP contribution is -2.57. The molecule has 1 aromatic carbocycles. The van der Waals surface area contributed by atoms with Crippen LogP contribution in [0.15, 0.2) is 18.2 Å². The van der Waals surface area contributed by atoms with Crippen LogP contribution in [0.3, 0.4) is 0 Å². The van der Waals surface area contributed by atoms with Crippen molar-refractivity contribution >= 4 is 29.4 Å². The standard InChI is InChI=1S/C33H49N5O8/c34-24(18-22-10-5-2-6-11-22)30(40)36-26(19-23-14-16-29(39)28(20-23)38(45)46)31(41)35-25(15-13-21-8-3-1-4-9-21)32(42)37-17-7-12-27(37)33(43)44/h14,16,20-22,24-27,39H,1-13,15,17-19,34H2,(H,35,41)(H,36,40)(H,43,44)/t24-,25-,26-,27-/m0/s1. The second-order valence-corrected chi connectivity index (χ2v) is 13.4. The Labute approximate surface area is 269 Å². The minimum Gasteiger partial charge on any atom is -0.502 e. The number of amides is 3. The molecule has 0 unspecified atom stereocenters. The van der Waals surface area contributed by atoms with Gasteiger partial charge in [-0.2, -0.15) is 0 Å². The van der Waals surface area contributed by atoms with E-state index >= 15 is 0 Å². The quantitative estimate of drug-likeness (QED) is 0.148. The zero-order chi connectivity index (χ0) is 33.2. The van der Waals surface area contributed by atoms with Gasteiger partial charge in [0.1, 0.15) is 18.1 Å². The maximum absolute atomic E-state index is 13.9. The normalized spacial score (nSPS) is 21.2. The number of nitrogens with zero attached hydrogens (tertiary/aromatic N) is 2. The number of carbonyl (C=O) groups excluding carboxylic acids is 3. The highest BCUT2D eigenvalue weighted by Gasteiger charge is 2.39. The zero-order valence-electron chi connectivity index (χ0n) is 26.5. The Hall–Kier alpha value is -3.74. The van der Waals surface area contributed by atoms with Crippen molar-refractivity contribution in [3.05, 3.63) is 33.9 Å². The predicted octanol–water partition coefficient (Wildman–Crippen LogP) is 3.55. The van der Waals surface area contributed by atoms with Crippen LogP contribution < -0.4 is 16.4 Å². The van der Waals surface area contributed by atoms with Gasteiger partial charge in [0, 0.05) is 19.0 Å². The molecule has 13 heteroatoms. The highest BCUT2D eigenvalue weighted by molar-refractivity contribution is 5.94. The predicted molar refractivity (Wildman–Crippen MR) is 170 cm³/mol. The molecule has 0 bridgehead atoms. The third-order valence-corrected chi connectivity index (χ3v) is 9.98. The molecule has 2 aliphatic carbocycles. The molecule has 4 atom stereocenters. The van der Waals surface area contributed by atoms with Crippen LogP contribution in [0.4, 0.5) is 5.69 Å². The lowest BCUT2D eigenvalue weighted by molar-refractivity contribution is -0.385. The van der Waals surface area contributed by atoms with E-state index in [1.54, 1.807) is 0 Å². The summed E-state index contributed by atoms with van der Waals surface area (Å²) < 4.78 is 0. The maximum atomic E-state index is 13.9. The van der Waals surface area contributed by atoms with Crippen LogP contribution in [0.2, 0.25) is 0 Å². The molecule has 3 fully saturated rings. The van der Waals surface area contributed by atoms with E-state index in [-0.39, 0.29) is 13.0 Å². The second-order valence-electron chi connectivity index (χ2n) is 13.4. The minimum atomic E-state index is -1.23. The Morgan fingerprint density at radius 1 is 0.913 bits per heavy atom. The lowest BCUT2D eigenvalue weighted by Gasteiger charge is -2.30. The number of nitrogens with one attached hydrogen (secondary N) is 2. The van der Waals surface area contributed by atoms with Crippen molar-refractivity contribution in [1.29, 1.82) is 0 Å². The van der Waals surface area contributed by atoms with Gasteiger partial charge >= 0.3 is 11.7 Å². The van der Waals surface area contributed by atoms with Crippen molar-refractivity contribution in [2.45, 2.75) is 127 Å². The van der Waals surface area contributed by atoms with Crippen molar-refractivity contribution in [1.82, 2.24) is 15.5 Å². The number of phenolic OH excluding ortho intramolecular Hbond substituents is 1. The Morgan fingerprint density at radius 2 is 1.54 bits per heavy atom. The van der Waals surface area contributed by atoms with Gasteiger partial charge in [0.2, 0.25) is 17.7 Å². The van der Waals surface area contributed by atoms with E-state index in [4.69, 9.17) is 5.73 Å². The second kappa shape index (κ2) is 16.7. The molecule has 3 aliphatic rings. The molecule has 0 aromatic heterocycles. The number of nitro benzene ring substituents is 1. The molecule has 1 saturated heterocycles. The van der Waals surface area contributed by atoms with Gasteiger partial charge in [-0.25, -0.2) is 4.79 Å². The molecule has 3 amide bonds. The first kappa shape index (κ1) is 35.1. The Balaban J connectivity index is 1.55. The van der Waals surface area contributed by atoms with Crippen molar-refractivity contribution in [3.63, 3.8) is 0 Å². The number of likely N-dealkylation sites (tertiary alicyclic amines) is 1. The first-order chi connectivity index (χ1) is 22.0. The number of rotatable bonds is 14. The number of carboxylic acid groups (broad SMARTS) is 1. The van der Waals surface area contributed by atoms with E-state index in [1.807, 2.05) is 0 Å². The summed E-state index contributed by atoms with van der Waals surface area (Å²) in [5.41, 5.74) is 6.08. The van der Waals surface area contributed by atoms with E-state index < -0.39 is 64.2 Å². The molecular formula is C33H49N5O8. The molecule has 0 spiro atoms. The number of hydrogen-bond donors (Lipinski definition) is 5. The van der Waals surface area contributed by atoms with E-state index in [0.29, 0.717) is 49.5 Å². The zero-order valence-corrected chi connectivity index (χ0v) is 26.5. The summed E-state index contributed by atoms with van der Waals surface area (Å²) in [6.45, 7) is 0.277. The van der Waals surface area contributed by atoms with Crippen LogP contribution >= 0.6 is 0 Å². The van der Waals surface area contributed by atoms with Gasteiger partial charge in [0.15, 0.2) is 5.75 Å². The lowest BCUT2D eigenvalue weighted by atomic mass is 9.84. The molecule has 1 heterocycles. The van der Waals surface area contributed by atoms with E-state index in [2.05, 4.69) is 10.6 Å². The van der Waals surface area contributed by atoms with Crippen molar-refractivity contribution in [3.8, 4) is 5.75 Å². The van der Waals surface area contributed by atoms with Crippen molar-refractivity contribution < 1.29 is 34.3 Å². The first-order valence-electron chi connectivity index (χ1n) is 16.9. The molecule has 13 nitrogen and oxygen atoms in total. The van der Waals surface area contributed by atoms with Crippen LogP contribution in [-0.4, -0.2) is 74.4 Å². The summed E-state index contributed by atoms with van der Waals surface area (Å²) in [7, 11) is 0. The summed E-state index contributed by atoms with van der Waals surface area (Å²) in [4.78, 5) is 65.0. The molecule has 2 saturated carbocycles. The summed E-state index contributed by atoms with van der Waals surface area (Å²) in [6, 6.07) is -0.313. The highest BCUT2D eigenvalue weighted by atomic mass is 16.6. The molecule has 1 aromatic rings. The Morgan fingerprint density at radius 3 is 2.17 bits per heavy atom. The number of carbonyl (C=O) groups is 4. The van der Waals surface area contributed by atoms with Gasteiger partial charge in [0.05, 0.1) is 11.0 Å². The van der Waals surface area contributed by atoms with E-state index in [0.717, 1.165) is 69.9 Å². The fourth-order valence-electron chi connectivity index (χ4n) is 7.35. The van der Waals surface area contributed by atoms with Crippen molar-refractivity contribution in [2.75, 3.05) is 6.54 Å². The number of benzene rings is 1. The number of carboxylic acids is 1.